The second-order valence-corrected chi connectivity index (χ2v) is 15.4. The zero-order valence-electron chi connectivity index (χ0n) is 36.4. The number of aliphatic imine (C=N–C) groups is 1. The third-order valence-corrected chi connectivity index (χ3v) is 9.71. The first-order valence-corrected chi connectivity index (χ1v) is 20.7. The van der Waals surface area contributed by atoms with E-state index >= 15 is 0 Å². The average Bonchev–Trinajstić information content (AvgIpc) is 4.14. The number of hydroxylamine groups is 2. The summed E-state index contributed by atoms with van der Waals surface area (Å²) in [7, 11) is 4.62. The summed E-state index contributed by atoms with van der Waals surface area (Å²) in [5, 5.41) is 39.1. The third kappa shape index (κ3) is 19.3. The van der Waals surface area contributed by atoms with E-state index in [2.05, 4.69) is 74.3 Å². The molecule has 0 spiro atoms. The van der Waals surface area contributed by atoms with Crippen molar-refractivity contribution >= 4 is 92.4 Å². The van der Waals surface area contributed by atoms with Gasteiger partial charge in [-0.05, 0) is 33.7 Å². The van der Waals surface area contributed by atoms with Crippen LogP contribution in [0, 0.1) is 5.92 Å². The van der Waals surface area contributed by atoms with Crippen LogP contribution in [0.1, 0.15) is 40.5 Å². The van der Waals surface area contributed by atoms with E-state index < -0.39 is 59.4 Å². The first-order chi connectivity index (χ1) is 30.3. The van der Waals surface area contributed by atoms with E-state index in [9.17, 15) is 52.7 Å². The van der Waals surface area contributed by atoms with Crippen LogP contribution in [0.2, 0.25) is 0 Å². The van der Waals surface area contributed by atoms with Crippen LogP contribution < -0.4 is 27.0 Å². The van der Waals surface area contributed by atoms with Crippen LogP contribution in [0.3, 0.4) is 0 Å². The van der Waals surface area contributed by atoms with Gasteiger partial charge in [-0.25, -0.2) is 19.4 Å². The molecule has 8 N–H and O–H groups in total. The molecule has 5 fully saturated rings. The van der Waals surface area contributed by atoms with Gasteiger partial charge in [-0.15, -0.1) is 0 Å². The molecule has 2 aliphatic carbocycles. The van der Waals surface area contributed by atoms with E-state index in [0.29, 0.717) is 5.95 Å². The Labute approximate surface area is 378 Å². The number of aromatic amines is 2. The number of aryl methyl sites for hydroxylation is 1. The van der Waals surface area contributed by atoms with Crippen molar-refractivity contribution in [1.82, 2.24) is 51.0 Å². The molecule has 4 aliphatic heterocycles. The number of aliphatic hydroxyl groups is 2. The summed E-state index contributed by atoms with van der Waals surface area (Å²) < 4.78 is 5.71. The molecule has 8 rings (SSSR count). The number of aliphatic hydroxyl groups excluding tert-OH is 2. The molecule has 2 aromatic rings. The number of likely N-dealkylation sites (N-methyl/N-ethyl adjacent to an activating group) is 1. The molecule has 3 unspecified atom stereocenters. The number of carbonyl (C=O) groups is 10. The number of urea groups is 1. The number of thioether (sulfide) groups is 2. The second-order valence-electron chi connectivity index (χ2n) is 13.2. The monoisotopic (exact) mass is 954 g/mol. The number of cyclic esters (lactones) is 1. The lowest BCUT2D eigenvalue weighted by atomic mass is 9.81. The van der Waals surface area contributed by atoms with Crippen molar-refractivity contribution in [3.8, 4) is 0 Å². The van der Waals surface area contributed by atoms with E-state index in [1.807, 2.05) is 6.26 Å². The smallest absolute Gasteiger partial charge is 0.357 e. The fourth-order valence-electron chi connectivity index (χ4n) is 4.30. The van der Waals surface area contributed by atoms with Crippen molar-refractivity contribution in [2.24, 2.45) is 18.0 Å². The van der Waals surface area contributed by atoms with Gasteiger partial charge in [0.25, 0.3) is 0 Å². The summed E-state index contributed by atoms with van der Waals surface area (Å²) in [6, 6.07) is -0.938. The standard InChI is InChI=1S/C5H8N2S.C5H7NO3.2C5H6O3.C5H6O2S.C4H6N4O.C4H6N2O2.C3H5N3O/c1-4-3-6-5(7-4)8-2;1-6-2-3(7)5(9)4(2)8;1-3-4(6)2-5(7)8-3;1-2-3(6)5(8)4(2)7;1-3-4(6)2-5(7)8-3;1-3(9)7-4-5-2-6-8-4;1-3-5-4(7)6(2)8-3;1-6-3(7)4-2-5-6/h1,3H2,2H3,(H,6,7);2-3,6-7H,1H3;3H,2H2,1H3;2-3,6H,1H3;3H,2H2,1H3;2H,1H3,(H2,5,6,7,8,9);1H2,2H3,(H,5,7);2H,1H3,(H,4,5,7)/t;;3-;2-,3?;3-;;;/m..101.../s1. The highest BCUT2D eigenvalue weighted by molar-refractivity contribution is 8.15. The summed E-state index contributed by atoms with van der Waals surface area (Å²) in [4.78, 5) is 129. The number of Topliss-reactive ketones (excluding diaryl/α,β-unsaturated/α-hetero) is 6. The van der Waals surface area contributed by atoms with Crippen LogP contribution in [0.4, 0.5) is 10.7 Å². The Morgan fingerprint density at radius 3 is 1.75 bits per heavy atom. The Balaban J connectivity index is 0.000000372. The number of nitrogens with zero attached hydrogens (tertiary/aromatic N) is 6. The Bertz CT molecular complexity index is 2090. The summed E-state index contributed by atoms with van der Waals surface area (Å²) in [6.45, 7) is 14.1. The molecule has 2 saturated carbocycles. The number of aromatic nitrogens is 6. The molecule has 356 valence electrons. The Hall–Kier alpha value is -6.69. The predicted molar refractivity (Wildman–Crippen MR) is 230 cm³/mol. The van der Waals surface area contributed by atoms with Gasteiger partial charge in [0, 0.05) is 19.7 Å². The highest BCUT2D eigenvalue weighted by atomic mass is 32.2. The zero-order chi connectivity index (χ0) is 49.7. The number of hydrogen-bond donors (Lipinski definition) is 8. The Morgan fingerprint density at radius 1 is 0.923 bits per heavy atom. The van der Waals surface area contributed by atoms with E-state index in [-0.39, 0.29) is 58.3 Å². The Kier molecular flexibility index (Phi) is 23.8. The topological polar surface area (TPSA) is 386 Å². The van der Waals surface area contributed by atoms with Crippen LogP contribution in [-0.2, 0) is 59.8 Å². The van der Waals surface area contributed by atoms with E-state index in [1.165, 1.54) is 45.3 Å². The van der Waals surface area contributed by atoms with Crippen LogP contribution in [0.15, 0.2) is 47.2 Å². The number of ketones is 6. The highest BCUT2D eigenvalue weighted by Crippen LogP contribution is 2.23. The summed E-state index contributed by atoms with van der Waals surface area (Å²) in [5.41, 5.74) is 0.814. The normalized spacial score (nSPS) is 23.2. The third-order valence-electron chi connectivity index (χ3n) is 8.07. The SMILES string of the molecule is C=C1CN=C(SC)N1.C=C1NC(=O)N(C)O1.CC(=O)Nc1ncn[nH]1.CNC1C(=O)C(=O)C1O.C[C@@H]1C(=O)C(=O)C1O.C[C@H]1OC(=O)CC1=O.C[C@H]1SC(=O)CC1=O.Cn1nc[nH]c1=O. The van der Waals surface area contributed by atoms with Crippen molar-refractivity contribution in [2.75, 3.05) is 32.2 Å². The van der Waals surface area contributed by atoms with Crippen LogP contribution in [-0.4, -0.2) is 165 Å². The maximum atomic E-state index is 10.5. The zero-order valence-corrected chi connectivity index (χ0v) is 38.0. The molecule has 6 atom stereocenters. The van der Waals surface area contributed by atoms with Crippen LogP contribution in [0.25, 0.3) is 0 Å². The molecule has 2 aromatic heterocycles. The first-order valence-electron chi connectivity index (χ1n) is 18.6. The lowest BCUT2D eigenvalue weighted by Crippen LogP contribution is -2.63. The van der Waals surface area contributed by atoms with E-state index in [1.54, 1.807) is 32.7 Å². The van der Waals surface area contributed by atoms with Gasteiger partial charge in [-0.2, -0.15) is 20.2 Å². The molecule has 65 heavy (non-hydrogen) atoms. The number of H-pyrrole nitrogens is 2. The maximum Gasteiger partial charge on any atom is 0.357 e. The van der Waals surface area contributed by atoms with Gasteiger partial charge in [-0.3, -0.25) is 63.8 Å². The second kappa shape index (κ2) is 27.5. The van der Waals surface area contributed by atoms with Gasteiger partial charge in [0.2, 0.25) is 40.9 Å². The van der Waals surface area contributed by atoms with Crippen LogP contribution >= 0.6 is 23.5 Å². The molecule has 6 heterocycles. The number of hydrogen-bond acceptors (Lipinski definition) is 23. The summed E-state index contributed by atoms with van der Waals surface area (Å²) in [6.07, 6.45) is 2.15. The number of carbonyl (C=O) groups excluding carboxylic acids is 10. The minimum absolute atomic E-state index is 0.0162. The molecule has 0 aromatic carbocycles. The first kappa shape index (κ1) is 56.3. The minimum atomic E-state index is -1.11. The maximum absolute atomic E-state index is 10.5. The molecule has 3 amide bonds. The number of amidine groups is 1. The van der Waals surface area contributed by atoms with E-state index in [0.717, 1.165) is 34.2 Å². The van der Waals surface area contributed by atoms with Crippen molar-refractivity contribution < 1.29 is 67.7 Å². The molecule has 0 bridgehead atoms. The molecular weight excluding hydrogens is 905 g/mol. The highest BCUT2D eigenvalue weighted by Gasteiger charge is 2.47. The fourth-order valence-corrected chi connectivity index (χ4v) is 5.58. The van der Waals surface area contributed by atoms with Crippen LogP contribution in [0.5, 0.6) is 0 Å². The molecular formula is C36H50N12O15S2. The van der Waals surface area contributed by atoms with Gasteiger partial charge in [0.1, 0.15) is 37.3 Å². The quantitative estimate of drug-likeness (QED) is 0.0873. The van der Waals surface area contributed by atoms with Crippen molar-refractivity contribution in [1.29, 1.82) is 0 Å². The lowest BCUT2D eigenvalue weighted by molar-refractivity contribution is -0.157. The largest absolute Gasteiger partial charge is 0.454 e. The summed E-state index contributed by atoms with van der Waals surface area (Å²) >= 11 is 2.75. The fraction of sp³-hybridized carbons (Fsp3) is 0.472. The summed E-state index contributed by atoms with van der Waals surface area (Å²) in [5.74, 6) is -2.71. The van der Waals surface area contributed by atoms with Crippen molar-refractivity contribution in [3.05, 3.63) is 47.9 Å². The molecule has 6 aliphatic rings. The van der Waals surface area contributed by atoms with E-state index in [4.69, 9.17) is 10.2 Å². The lowest BCUT2D eigenvalue weighted by Gasteiger charge is -2.27. The van der Waals surface area contributed by atoms with Gasteiger partial charge in [0.05, 0.1) is 31.2 Å². The predicted octanol–water partition coefficient (Wildman–Crippen LogP) is -2.54. The number of amides is 3. The van der Waals surface area contributed by atoms with Crippen molar-refractivity contribution in [2.45, 2.75) is 70.1 Å². The van der Waals surface area contributed by atoms with Gasteiger partial charge in [-0.1, -0.05) is 37.0 Å². The Morgan fingerprint density at radius 2 is 1.55 bits per heavy atom. The molecule has 3 saturated heterocycles. The number of esters is 1. The number of rotatable bonds is 2. The number of ether oxygens (including phenoxy) is 1. The van der Waals surface area contributed by atoms with Crippen molar-refractivity contribution in [3.63, 3.8) is 0 Å². The molecule has 29 heteroatoms. The number of nitrogens with one attached hydrogen (secondary N) is 6. The molecule has 27 nitrogen and oxygen atoms in total. The minimum Gasteiger partial charge on any atom is -0.454 e. The van der Waals surface area contributed by atoms with Gasteiger partial charge < -0.3 is 30.4 Å². The number of anilines is 1. The molecule has 0 radical (unpaired) electrons. The average molecular weight is 955 g/mol. The van der Waals surface area contributed by atoms with Gasteiger partial charge >= 0.3 is 17.7 Å². The van der Waals surface area contributed by atoms with Gasteiger partial charge in [0.15, 0.2) is 28.0 Å².